The molecule has 2 N–H and O–H groups in total. The minimum Gasteiger partial charge on any atom is -0.381 e. The summed E-state index contributed by atoms with van der Waals surface area (Å²) < 4.78 is 19.4. The van der Waals surface area contributed by atoms with Gasteiger partial charge in [-0.2, -0.15) is 0 Å². The minimum absolute atomic E-state index is 0. The highest BCUT2D eigenvalue weighted by Gasteiger charge is 2.36. The lowest BCUT2D eigenvalue weighted by molar-refractivity contribution is 0.0514. The van der Waals surface area contributed by atoms with Gasteiger partial charge in [-0.3, -0.25) is 4.99 Å². The molecule has 1 fully saturated rings. The lowest BCUT2D eigenvalue weighted by Crippen LogP contribution is -2.48. The zero-order valence-corrected chi connectivity index (χ0v) is 19.0. The van der Waals surface area contributed by atoms with Crippen molar-refractivity contribution in [2.75, 3.05) is 26.8 Å². The summed E-state index contributed by atoms with van der Waals surface area (Å²) in [7, 11) is 1.71. The van der Waals surface area contributed by atoms with E-state index >= 15 is 0 Å². The topological polar surface area (TPSA) is 45.7 Å². The van der Waals surface area contributed by atoms with Crippen molar-refractivity contribution in [3.63, 3.8) is 0 Å². The fourth-order valence-electron chi connectivity index (χ4n) is 3.49. The Labute approximate surface area is 187 Å². The number of rotatable bonds is 5. The first-order valence-electron chi connectivity index (χ1n) is 9.15. The molecule has 2 aromatic rings. The summed E-state index contributed by atoms with van der Waals surface area (Å²) in [5.74, 6) is 0.411. The van der Waals surface area contributed by atoms with E-state index in [2.05, 4.69) is 21.7 Å². The zero-order valence-electron chi connectivity index (χ0n) is 15.9. The molecule has 1 heterocycles. The van der Waals surface area contributed by atoms with Crippen molar-refractivity contribution in [2.24, 2.45) is 4.99 Å². The SMILES string of the molecule is CN=C(NCc1ccccc1F)NCC1(c2ccccc2Cl)CCOCC1.I. The molecular weight excluding hydrogens is 492 g/mol. The van der Waals surface area contributed by atoms with Crippen LogP contribution in [0.4, 0.5) is 4.39 Å². The lowest BCUT2D eigenvalue weighted by Gasteiger charge is -2.38. The first kappa shape index (κ1) is 22.9. The molecule has 1 saturated heterocycles. The molecule has 0 unspecified atom stereocenters. The molecule has 152 valence electrons. The summed E-state index contributed by atoms with van der Waals surface area (Å²) in [4.78, 5) is 4.27. The monoisotopic (exact) mass is 517 g/mol. The molecule has 3 rings (SSSR count). The predicted octanol–water partition coefficient (Wildman–Crippen LogP) is 4.51. The van der Waals surface area contributed by atoms with Gasteiger partial charge in [0.2, 0.25) is 0 Å². The third kappa shape index (κ3) is 5.58. The van der Waals surface area contributed by atoms with Crippen LogP contribution in [0, 0.1) is 5.82 Å². The van der Waals surface area contributed by atoms with Gasteiger partial charge in [0.05, 0.1) is 0 Å². The Morgan fingerprint density at radius 2 is 1.79 bits per heavy atom. The molecule has 0 aliphatic carbocycles. The van der Waals surface area contributed by atoms with E-state index in [-0.39, 0.29) is 35.2 Å². The van der Waals surface area contributed by atoms with Crippen LogP contribution in [0.25, 0.3) is 0 Å². The van der Waals surface area contributed by atoms with Crippen molar-refractivity contribution < 1.29 is 9.13 Å². The van der Waals surface area contributed by atoms with E-state index in [0.717, 1.165) is 23.4 Å². The maximum atomic E-state index is 13.8. The molecule has 0 radical (unpaired) electrons. The second-order valence-corrected chi connectivity index (χ2v) is 7.15. The van der Waals surface area contributed by atoms with Gasteiger partial charge < -0.3 is 15.4 Å². The Morgan fingerprint density at radius 1 is 1.11 bits per heavy atom. The van der Waals surface area contributed by atoms with Gasteiger partial charge in [0, 0.05) is 49.4 Å². The van der Waals surface area contributed by atoms with Gasteiger partial charge in [-0.1, -0.05) is 48.0 Å². The Morgan fingerprint density at radius 3 is 2.46 bits per heavy atom. The molecule has 0 atom stereocenters. The quantitative estimate of drug-likeness (QED) is 0.349. The normalized spacial score (nSPS) is 16.2. The van der Waals surface area contributed by atoms with Crippen molar-refractivity contribution in [3.8, 4) is 0 Å². The van der Waals surface area contributed by atoms with E-state index in [0.29, 0.717) is 37.8 Å². The summed E-state index contributed by atoms with van der Waals surface area (Å²) in [5.41, 5.74) is 1.62. The first-order chi connectivity index (χ1) is 13.1. The molecule has 4 nitrogen and oxygen atoms in total. The smallest absolute Gasteiger partial charge is 0.191 e. The van der Waals surface area contributed by atoms with E-state index in [4.69, 9.17) is 16.3 Å². The van der Waals surface area contributed by atoms with E-state index in [1.807, 2.05) is 24.3 Å². The number of hydrogen-bond donors (Lipinski definition) is 2. The van der Waals surface area contributed by atoms with Gasteiger partial charge >= 0.3 is 0 Å². The number of guanidine groups is 1. The molecule has 1 aliphatic rings. The molecule has 7 heteroatoms. The van der Waals surface area contributed by atoms with Gasteiger partial charge in [0.15, 0.2) is 5.96 Å². The molecule has 0 amide bonds. The van der Waals surface area contributed by atoms with Crippen LogP contribution in [0.5, 0.6) is 0 Å². The standard InChI is InChI=1S/C21H25ClFN3O.HI/c1-24-20(25-14-16-6-2-5-9-19(16)23)26-15-21(10-12-27-13-11-21)17-7-3-4-8-18(17)22;/h2-9H,10-15H2,1H3,(H2,24,25,26);1H. The Hall–Kier alpha value is -1.38. The van der Waals surface area contributed by atoms with Gasteiger partial charge in [0.25, 0.3) is 0 Å². The minimum atomic E-state index is -0.225. The Kier molecular flexibility index (Phi) is 8.98. The molecule has 0 bridgehead atoms. The fourth-order valence-corrected chi connectivity index (χ4v) is 3.83. The van der Waals surface area contributed by atoms with Crippen LogP contribution in [0.2, 0.25) is 5.02 Å². The van der Waals surface area contributed by atoms with Gasteiger partial charge in [-0.05, 0) is 30.5 Å². The van der Waals surface area contributed by atoms with Crippen LogP contribution in [-0.4, -0.2) is 32.8 Å². The maximum Gasteiger partial charge on any atom is 0.191 e. The molecule has 0 aromatic heterocycles. The highest BCUT2D eigenvalue weighted by molar-refractivity contribution is 14.0. The van der Waals surface area contributed by atoms with Crippen molar-refractivity contribution in [1.29, 1.82) is 0 Å². The van der Waals surface area contributed by atoms with E-state index in [1.165, 1.54) is 6.07 Å². The van der Waals surface area contributed by atoms with E-state index in [1.54, 1.807) is 19.2 Å². The van der Waals surface area contributed by atoms with Gasteiger partial charge in [-0.15, -0.1) is 24.0 Å². The van der Waals surface area contributed by atoms with Crippen LogP contribution in [0.1, 0.15) is 24.0 Å². The number of nitrogens with one attached hydrogen (secondary N) is 2. The highest BCUT2D eigenvalue weighted by atomic mass is 127. The molecule has 1 aliphatic heterocycles. The number of halogens is 3. The van der Waals surface area contributed by atoms with E-state index in [9.17, 15) is 4.39 Å². The van der Waals surface area contributed by atoms with Crippen LogP contribution in [0.15, 0.2) is 53.5 Å². The number of benzene rings is 2. The first-order valence-corrected chi connectivity index (χ1v) is 9.53. The summed E-state index contributed by atoms with van der Waals surface area (Å²) in [5, 5.41) is 7.36. The summed E-state index contributed by atoms with van der Waals surface area (Å²) >= 11 is 6.50. The summed E-state index contributed by atoms with van der Waals surface area (Å²) in [6.45, 7) is 2.45. The van der Waals surface area contributed by atoms with Crippen molar-refractivity contribution in [3.05, 3.63) is 70.5 Å². The second-order valence-electron chi connectivity index (χ2n) is 6.74. The molecule has 0 spiro atoms. The maximum absolute atomic E-state index is 13.8. The summed E-state index contributed by atoms with van der Waals surface area (Å²) in [6, 6.07) is 14.7. The number of ether oxygens (including phenoxy) is 1. The lowest BCUT2D eigenvalue weighted by atomic mass is 9.74. The van der Waals surface area contributed by atoms with Crippen LogP contribution < -0.4 is 10.6 Å². The number of aliphatic imine (C=N–C) groups is 1. The Bertz CT molecular complexity index is 797. The number of hydrogen-bond acceptors (Lipinski definition) is 2. The van der Waals surface area contributed by atoms with Gasteiger partial charge in [0.1, 0.15) is 5.82 Å². The Balaban J connectivity index is 0.00000280. The second kappa shape index (κ2) is 11.0. The third-order valence-electron chi connectivity index (χ3n) is 5.12. The number of nitrogens with zero attached hydrogens (tertiary/aromatic N) is 1. The van der Waals surface area contributed by atoms with Crippen molar-refractivity contribution >= 4 is 41.5 Å². The van der Waals surface area contributed by atoms with Crippen LogP contribution >= 0.6 is 35.6 Å². The van der Waals surface area contributed by atoms with E-state index < -0.39 is 0 Å². The average Bonchev–Trinajstić information content (AvgIpc) is 2.70. The largest absolute Gasteiger partial charge is 0.381 e. The predicted molar refractivity (Wildman–Crippen MR) is 123 cm³/mol. The average molecular weight is 518 g/mol. The van der Waals surface area contributed by atoms with Crippen LogP contribution in [0.3, 0.4) is 0 Å². The van der Waals surface area contributed by atoms with Crippen molar-refractivity contribution in [1.82, 2.24) is 10.6 Å². The molecular formula is C21H26ClFIN3O. The highest BCUT2D eigenvalue weighted by Crippen LogP contribution is 2.38. The zero-order chi connectivity index (χ0) is 19.1. The fraction of sp³-hybridized carbons (Fsp3) is 0.381. The molecule has 2 aromatic carbocycles. The molecule has 28 heavy (non-hydrogen) atoms. The summed E-state index contributed by atoms with van der Waals surface area (Å²) in [6.07, 6.45) is 1.77. The molecule has 0 saturated carbocycles. The third-order valence-corrected chi connectivity index (χ3v) is 5.45. The van der Waals surface area contributed by atoms with Crippen molar-refractivity contribution in [2.45, 2.75) is 24.8 Å². The van der Waals surface area contributed by atoms with Gasteiger partial charge in [-0.25, -0.2) is 4.39 Å². The van der Waals surface area contributed by atoms with Crippen LogP contribution in [-0.2, 0) is 16.7 Å².